The lowest BCUT2D eigenvalue weighted by atomic mass is 10.1. The average Bonchev–Trinajstić information content (AvgIpc) is 2.70. The van der Waals surface area contributed by atoms with Gasteiger partial charge in [0.15, 0.2) is 0 Å². The van der Waals surface area contributed by atoms with Gasteiger partial charge in [-0.3, -0.25) is 0 Å². The van der Waals surface area contributed by atoms with Gasteiger partial charge in [-0.1, -0.05) is 18.6 Å². The third-order valence-corrected chi connectivity index (χ3v) is 2.65. The largest absolute Gasteiger partial charge is 0.496 e. The third-order valence-electron chi connectivity index (χ3n) is 2.65. The van der Waals surface area contributed by atoms with Crippen LogP contribution >= 0.6 is 0 Å². The summed E-state index contributed by atoms with van der Waals surface area (Å²) in [6.07, 6.45) is 0.747. The highest BCUT2D eigenvalue weighted by Gasteiger charge is 2.16. The second kappa shape index (κ2) is 4.49. The fourth-order valence-electron chi connectivity index (χ4n) is 1.83. The van der Waals surface area contributed by atoms with Crippen LogP contribution in [-0.2, 0) is 6.42 Å². The number of aromatic nitrogens is 1. The van der Waals surface area contributed by atoms with E-state index in [0.29, 0.717) is 0 Å². The first-order valence-electron chi connectivity index (χ1n) is 5.56. The Kier molecular flexibility index (Phi) is 3.04. The molecule has 0 atom stereocenters. The number of hydrogen-bond acceptors (Lipinski definition) is 4. The third kappa shape index (κ3) is 2.11. The molecule has 0 bridgehead atoms. The highest BCUT2D eigenvalue weighted by molar-refractivity contribution is 5.70. The van der Waals surface area contributed by atoms with Gasteiger partial charge in [0.2, 0.25) is 0 Å². The molecule has 0 radical (unpaired) electrons. The lowest BCUT2D eigenvalue weighted by Crippen LogP contribution is -1.92. The molecule has 0 unspecified atom stereocenters. The number of nitrogens with zero attached hydrogens (tertiary/aromatic N) is 1. The average molecular weight is 232 g/mol. The van der Waals surface area contributed by atoms with E-state index in [2.05, 4.69) is 4.98 Å². The number of anilines is 1. The predicted molar refractivity (Wildman–Crippen MR) is 67.0 cm³/mol. The molecule has 2 N–H and O–H groups in total. The number of methoxy groups -OCH3 is 1. The van der Waals surface area contributed by atoms with Crippen molar-refractivity contribution in [2.45, 2.75) is 20.3 Å². The van der Waals surface area contributed by atoms with E-state index in [1.165, 1.54) is 0 Å². The fourth-order valence-corrected chi connectivity index (χ4v) is 1.83. The van der Waals surface area contributed by atoms with E-state index in [-0.39, 0.29) is 6.01 Å². The van der Waals surface area contributed by atoms with Crippen molar-refractivity contribution in [3.05, 3.63) is 29.5 Å². The summed E-state index contributed by atoms with van der Waals surface area (Å²) in [6.45, 7) is 4.03. The van der Waals surface area contributed by atoms with Crippen molar-refractivity contribution < 1.29 is 9.15 Å². The van der Waals surface area contributed by atoms with E-state index in [1.54, 1.807) is 7.11 Å². The van der Waals surface area contributed by atoms with Gasteiger partial charge >= 0.3 is 0 Å². The van der Waals surface area contributed by atoms with Crippen LogP contribution in [0.2, 0.25) is 0 Å². The van der Waals surface area contributed by atoms with E-state index in [4.69, 9.17) is 14.9 Å². The smallest absolute Gasteiger partial charge is 0.292 e. The summed E-state index contributed by atoms with van der Waals surface area (Å²) in [4.78, 5) is 4.23. The quantitative estimate of drug-likeness (QED) is 0.883. The Balaban J connectivity index is 2.61. The molecule has 1 heterocycles. The van der Waals surface area contributed by atoms with Gasteiger partial charge < -0.3 is 14.9 Å². The molecule has 0 aliphatic carbocycles. The predicted octanol–water partition coefficient (Wildman–Crippen LogP) is 2.80. The van der Waals surface area contributed by atoms with Crippen molar-refractivity contribution in [2.75, 3.05) is 12.8 Å². The maximum Gasteiger partial charge on any atom is 0.292 e. The first kappa shape index (κ1) is 11.5. The SMILES string of the molecule is CCc1oc(N)nc1-c1cc(C)ccc1OC. The highest BCUT2D eigenvalue weighted by atomic mass is 16.5. The zero-order chi connectivity index (χ0) is 12.4. The van der Waals surface area contributed by atoms with Gasteiger partial charge in [0.05, 0.1) is 7.11 Å². The summed E-state index contributed by atoms with van der Waals surface area (Å²) in [7, 11) is 1.64. The van der Waals surface area contributed by atoms with Crippen molar-refractivity contribution in [3.63, 3.8) is 0 Å². The molecule has 1 aromatic carbocycles. The van der Waals surface area contributed by atoms with E-state index in [0.717, 1.165) is 34.8 Å². The van der Waals surface area contributed by atoms with Crippen LogP contribution in [0.1, 0.15) is 18.2 Å². The summed E-state index contributed by atoms with van der Waals surface area (Å²) in [5.41, 5.74) is 8.44. The van der Waals surface area contributed by atoms with Crippen molar-refractivity contribution in [3.8, 4) is 17.0 Å². The van der Waals surface area contributed by atoms with Gasteiger partial charge in [-0.2, -0.15) is 4.98 Å². The van der Waals surface area contributed by atoms with Gasteiger partial charge in [0.25, 0.3) is 6.01 Å². The number of ether oxygens (including phenoxy) is 1. The zero-order valence-electron chi connectivity index (χ0n) is 10.3. The number of oxazole rings is 1. The van der Waals surface area contributed by atoms with Gasteiger partial charge in [0.1, 0.15) is 17.2 Å². The molecule has 4 heteroatoms. The van der Waals surface area contributed by atoms with E-state index >= 15 is 0 Å². The molecule has 0 aliphatic rings. The second-order valence-corrected chi connectivity index (χ2v) is 3.88. The standard InChI is InChI=1S/C13H16N2O2/c1-4-10-12(15-13(14)17-10)9-7-8(2)5-6-11(9)16-3/h5-7H,4H2,1-3H3,(H2,14,15). The Morgan fingerprint density at radius 2 is 2.18 bits per heavy atom. The molecule has 0 aliphatic heterocycles. The van der Waals surface area contributed by atoms with Crippen molar-refractivity contribution in [1.82, 2.24) is 4.98 Å². The Morgan fingerprint density at radius 3 is 2.82 bits per heavy atom. The Bertz CT molecular complexity index is 532. The minimum absolute atomic E-state index is 0.195. The summed E-state index contributed by atoms with van der Waals surface area (Å²) >= 11 is 0. The number of rotatable bonds is 3. The van der Waals surface area contributed by atoms with Gasteiger partial charge in [0, 0.05) is 12.0 Å². The molecule has 1 aromatic heterocycles. The minimum atomic E-state index is 0.195. The van der Waals surface area contributed by atoms with Crippen LogP contribution in [0.25, 0.3) is 11.3 Å². The Labute approximate surface area is 100 Å². The number of hydrogen-bond donors (Lipinski definition) is 1. The van der Waals surface area contributed by atoms with E-state index < -0.39 is 0 Å². The number of aryl methyl sites for hydroxylation is 2. The monoisotopic (exact) mass is 232 g/mol. The van der Waals surface area contributed by atoms with Gasteiger partial charge in [-0.05, 0) is 19.1 Å². The first-order chi connectivity index (χ1) is 8.15. The topological polar surface area (TPSA) is 61.3 Å². The van der Waals surface area contributed by atoms with Gasteiger partial charge in [-0.25, -0.2) is 0 Å². The van der Waals surface area contributed by atoms with Crippen molar-refractivity contribution >= 4 is 6.01 Å². The normalized spacial score (nSPS) is 10.5. The Hall–Kier alpha value is -1.97. The maximum atomic E-state index is 5.60. The summed E-state index contributed by atoms with van der Waals surface area (Å²) in [5, 5.41) is 0. The summed E-state index contributed by atoms with van der Waals surface area (Å²) in [5.74, 6) is 1.56. The lowest BCUT2D eigenvalue weighted by molar-refractivity contribution is 0.416. The molecule has 0 amide bonds. The molecule has 0 spiro atoms. The summed E-state index contributed by atoms with van der Waals surface area (Å²) < 4.78 is 10.7. The summed E-state index contributed by atoms with van der Waals surface area (Å²) in [6, 6.07) is 6.14. The van der Waals surface area contributed by atoms with Crippen LogP contribution in [0.15, 0.2) is 22.6 Å². The number of nitrogen functional groups attached to an aromatic ring is 1. The molecule has 2 aromatic rings. The molecule has 0 saturated carbocycles. The minimum Gasteiger partial charge on any atom is -0.496 e. The molecule has 90 valence electrons. The fraction of sp³-hybridized carbons (Fsp3) is 0.308. The van der Waals surface area contributed by atoms with E-state index in [9.17, 15) is 0 Å². The van der Waals surface area contributed by atoms with Crippen LogP contribution in [0.5, 0.6) is 5.75 Å². The van der Waals surface area contributed by atoms with Crippen LogP contribution in [-0.4, -0.2) is 12.1 Å². The number of benzene rings is 1. The molecule has 4 nitrogen and oxygen atoms in total. The molecular weight excluding hydrogens is 216 g/mol. The highest BCUT2D eigenvalue weighted by Crippen LogP contribution is 2.33. The molecule has 0 fully saturated rings. The molecule has 2 rings (SSSR count). The van der Waals surface area contributed by atoms with Crippen LogP contribution in [0.3, 0.4) is 0 Å². The van der Waals surface area contributed by atoms with Crippen molar-refractivity contribution in [1.29, 1.82) is 0 Å². The zero-order valence-corrected chi connectivity index (χ0v) is 10.3. The van der Waals surface area contributed by atoms with Crippen LogP contribution in [0.4, 0.5) is 6.01 Å². The Morgan fingerprint density at radius 1 is 1.41 bits per heavy atom. The first-order valence-corrected chi connectivity index (χ1v) is 5.56. The number of nitrogens with two attached hydrogens (primary N) is 1. The lowest BCUT2D eigenvalue weighted by Gasteiger charge is -2.07. The van der Waals surface area contributed by atoms with Gasteiger partial charge in [-0.15, -0.1) is 0 Å². The van der Waals surface area contributed by atoms with Crippen LogP contribution in [0, 0.1) is 6.92 Å². The molecule has 17 heavy (non-hydrogen) atoms. The van der Waals surface area contributed by atoms with E-state index in [1.807, 2.05) is 32.0 Å². The maximum absolute atomic E-state index is 5.60. The van der Waals surface area contributed by atoms with Crippen molar-refractivity contribution in [2.24, 2.45) is 0 Å². The molecule has 0 saturated heterocycles. The van der Waals surface area contributed by atoms with Crippen LogP contribution < -0.4 is 10.5 Å². The second-order valence-electron chi connectivity index (χ2n) is 3.88. The molecular formula is C13H16N2O2.